The van der Waals surface area contributed by atoms with Crippen molar-refractivity contribution in [2.75, 3.05) is 20.3 Å². The van der Waals surface area contributed by atoms with E-state index in [0.29, 0.717) is 13.2 Å². The highest BCUT2D eigenvalue weighted by Crippen LogP contribution is 2.28. The van der Waals surface area contributed by atoms with E-state index in [2.05, 4.69) is 4.84 Å². The van der Waals surface area contributed by atoms with Crippen molar-refractivity contribution in [3.63, 3.8) is 0 Å². The minimum Gasteiger partial charge on any atom is -0.738 e. The number of fused-ring (bicyclic) bond motifs is 1. The lowest BCUT2D eigenvalue weighted by molar-refractivity contribution is -0.349. The summed E-state index contributed by atoms with van der Waals surface area (Å²) in [6.07, 6.45) is 1.16. The summed E-state index contributed by atoms with van der Waals surface area (Å²) in [6, 6.07) is 0. The highest BCUT2D eigenvalue weighted by atomic mass is 17.1. The highest BCUT2D eigenvalue weighted by Gasteiger charge is 2.38. The van der Waals surface area contributed by atoms with Gasteiger partial charge in [-0.2, -0.15) is 0 Å². The van der Waals surface area contributed by atoms with E-state index in [9.17, 15) is 5.21 Å². The van der Waals surface area contributed by atoms with E-state index >= 15 is 0 Å². The Hall–Kier alpha value is -0.660. The van der Waals surface area contributed by atoms with Crippen LogP contribution < -0.4 is 0 Å². The zero-order valence-electron chi connectivity index (χ0n) is 7.13. The lowest BCUT2D eigenvalue weighted by Crippen LogP contribution is -2.33. The number of rotatable bonds is 3. The molecule has 0 aromatic heterocycles. The molecule has 0 aromatic rings. The maximum absolute atomic E-state index is 10.7. The summed E-state index contributed by atoms with van der Waals surface area (Å²) in [7, 11) is 1.23. The van der Waals surface area contributed by atoms with Crippen LogP contribution in [0.15, 0.2) is 11.8 Å². The van der Waals surface area contributed by atoms with Crippen LogP contribution in [0.3, 0.4) is 0 Å². The molecule has 2 rings (SSSR count). The molecule has 0 bridgehead atoms. The van der Waals surface area contributed by atoms with Gasteiger partial charge < -0.3 is 14.7 Å². The van der Waals surface area contributed by atoms with Crippen molar-refractivity contribution in [2.45, 2.75) is 12.2 Å². The topological polar surface area (TPSA) is 63.2 Å². The third kappa shape index (κ3) is 1.67. The second-order valence-electron chi connectivity index (χ2n) is 2.72. The summed E-state index contributed by atoms with van der Waals surface area (Å²) in [4.78, 5) is 9.12. The summed E-state index contributed by atoms with van der Waals surface area (Å²) >= 11 is 0. The van der Waals surface area contributed by atoms with Crippen LogP contribution in [-0.2, 0) is 19.1 Å². The van der Waals surface area contributed by atoms with E-state index in [1.807, 2.05) is 6.08 Å². The summed E-state index contributed by atoms with van der Waals surface area (Å²) in [6.45, 7) is 0.824. The predicted octanol–water partition coefficient (Wildman–Crippen LogP) is -0.0393. The fraction of sp³-hybridized carbons (Fsp3) is 0.714. The smallest absolute Gasteiger partial charge is 0.148 e. The molecule has 13 heavy (non-hydrogen) atoms. The van der Waals surface area contributed by atoms with Crippen LogP contribution in [-0.4, -0.2) is 37.9 Å². The molecule has 0 amide bonds. The first-order valence-corrected chi connectivity index (χ1v) is 3.94. The maximum Gasteiger partial charge on any atom is 0.148 e. The Labute approximate surface area is 75.1 Å². The average molecular weight is 188 g/mol. The molecule has 0 aromatic carbocycles. The first kappa shape index (κ1) is 8.92. The monoisotopic (exact) mass is 188 g/mol. The van der Waals surface area contributed by atoms with Crippen LogP contribution in [0.4, 0.5) is 0 Å². The molecular formula is C7H10NO5-. The van der Waals surface area contributed by atoms with Gasteiger partial charge in [-0.3, -0.25) is 9.68 Å². The third-order valence-electron chi connectivity index (χ3n) is 1.96. The summed E-state index contributed by atoms with van der Waals surface area (Å²) in [5.74, 6) is 0.745. The minimum absolute atomic E-state index is 0.0542. The Morgan fingerprint density at radius 1 is 1.69 bits per heavy atom. The summed E-state index contributed by atoms with van der Waals surface area (Å²) in [5, 5.41) is 10.8. The van der Waals surface area contributed by atoms with Crippen LogP contribution in [0.25, 0.3) is 0 Å². The molecule has 2 aliphatic rings. The quantitative estimate of drug-likeness (QED) is 0.579. The molecule has 6 nitrogen and oxygen atoms in total. The molecule has 0 spiro atoms. The van der Waals surface area contributed by atoms with Gasteiger partial charge in [-0.15, -0.1) is 5.39 Å². The Morgan fingerprint density at radius 3 is 3.31 bits per heavy atom. The number of hydrogen-bond acceptors (Lipinski definition) is 6. The van der Waals surface area contributed by atoms with Gasteiger partial charge in [0.05, 0.1) is 13.7 Å². The minimum atomic E-state index is -0.411. The van der Waals surface area contributed by atoms with Crippen molar-refractivity contribution < 1.29 is 19.1 Å². The SMILES string of the molecule is CON([O-])OC1COC2=CCOC21. The lowest BCUT2D eigenvalue weighted by Gasteiger charge is -2.27. The predicted molar refractivity (Wildman–Crippen MR) is 40.9 cm³/mol. The van der Waals surface area contributed by atoms with Crippen molar-refractivity contribution in [1.82, 2.24) is 5.39 Å². The molecule has 2 aliphatic heterocycles. The van der Waals surface area contributed by atoms with Gasteiger partial charge in [-0.25, -0.2) is 0 Å². The molecule has 2 atom stereocenters. The van der Waals surface area contributed by atoms with E-state index in [0.717, 1.165) is 5.76 Å². The molecule has 2 unspecified atom stereocenters. The number of nitrogens with zero attached hydrogens (tertiary/aromatic N) is 1. The summed E-state index contributed by atoms with van der Waals surface area (Å²) < 4.78 is 10.5. The van der Waals surface area contributed by atoms with Crippen molar-refractivity contribution in [1.29, 1.82) is 0 Å². The van der Waals surface area contributed by atoms with Gasteiger partial charge in [0.15, 0.2) is 0 Å². The summed E-state index contributed by atoms with van der Waals surface area (Å²) in [5.41, 5.74) is 0. The van der Waals surface area contributed by atoms with Gasteiger partial charge in [0.25, 0.3) is 0 Å². The fourth-order valence-corrected chi connectivity index (χ4v) is 1.37. The van der Waals surface area contributed by atoms with E-state index in [1.165, 1.54) is 7.11 Å². The second kappa shape index (κ2) is 3.60. The van der Waals surface area contributed by atoms with Gasteiger partial charge >= 0.3 is 0 Å². The Balaban J connectivity index is 1.91. The van der Waals surface area contributed by atoms with Crippen LogP contribution in [0.1, 0.15) is 0 Å². The molecule has 0 saturated carbocycles. The molecule has 74 valence electrons. The van der Waals surface area contributed by atoms with Crippen LogP contribution in [0.2, 0.25) is 0 Å². The lowest BCUT2D eigenvalue weighted by atomic mass is 10.2. The number of hydrogen-bond donors (Lipinski definition) is 0. The molecule has 0 aliphatic carbocycles. The van der Waals surface area contributed by atoms with Crippen molar-refractivity contribution in [2.24, 2.45) is 0 Å². The zero-order valence-corrected chi connectivity index (χ0v) is 7.13. The van der Waals surface area contributed by atoms with E-state index in [4.69, 9.17) is 14.3 Å². The highest BCUT2D eigenvalue weighted by molar-refractivity contribution is 5.12. The first-order valence-electron chi connectivity index (χ1n) is 3.94. The average Bonchev–Trinajstić information content (AvgIpc) is 2.69. The normalized spacial score (nSPS) is 31.8. The molecule has 6 heteroatoms. The first-order chi connectivity index (χ1) is 6.31. The van der Waals surface area contributed by atoms with Gasteiger partial charge in [0.1, 0.15) is 24.6 Å². The Kier molecular flexibility index (Phi) is 2.47. The fourth-order valence-electron chi connectivity index (χ4n) is 1.37. The van der Waals surface area contributed by atoms with Crippen molar-refractivity contribution in [3.8, 4) is 0 Å². The second-order valence-corrected chi connectivity index (χ2v) is 2.72. The van der Waals surface area contributed by atoms with Crippen molar-refractivity contribution in [3.05, 3.63) is 17.0 Å². The van der Waals surface area contributed by atoms with E-state index < -0.39 is 6.10 Å². The van der Waals surface area contributed by atoms with E-state index in [1.54, 1.807) is 0 Å². The van der Waals surface area contributed by atoms with Gasteiger partial charge in [0.2, 0.25) is 0 Å². The van der Waals surface area contributed by atoms with Crippen LogP contribution >= 0.6 is 0 Å². The molecule has 0 N–H and O–H groups in total. The maximum atomic E-state index is 10.7. The Morgan fingerprint density at radius 2 is 2.54 bits per heavy atom. The standard InChI is InChI=1S/C7H10NO5/c1-10-8(9)13-6-4-12-5-2-3-11-7(5)6/h2,6-7H,3-4H2,1H3/q-1. The van der Waals surface area contributed by atoms with Gasteiger partial charge in [-0.1, -0.05) is 0 Å². The zero-order chi connectivity index (χ0) is 9.26. The van der Waals surface area contributed by atoms with Crippen LogP contribution in [0, 0.1) is 5.21 Å². The molecule has 0 radical (unpaired) electrons. The van der Waals surface area contributed by atoms with Gasteiger partial charge in [0, 0.05) is 0 Å². The molecule has 1 saturated heterocycles. The van der Waals surface area contributed by atoms with Crippen LogP contribution in [0.5, 0.6) is 0 Å². The molecular weight excluding hydrogens is 178 g/mol. The van der Waals surface area contributed by atoms with Crippen molar-refractivity contribution >= 4 is 0 Å². The van der Waals surface area contributed by atoms with Gasteiger partial charge in [-0.05, 0) is 6.08 Å². The largest absolute Gasteiger partial charge is 0.738 e. The molecule has 1 fully saturated rings. The third-order valence-corrected chi connectivity index (χ3v) is 1.96. The Bertz CT molecular complexity index is 219. The molecule has 2 heterocycles. The van der Waals surface area contributed by atoms with E-state index in [-0.39, 0.29) is 11.5 Å². The number of ether oxygens (including phenoxy) is 2.